The molecule has 0 saturated carbocycles. The van der Waals surface area contributed by atoms with Crippen LogP contribution in [-0.2, 0) is 20.7 Å². The molecule has 0 bridgehead atoms. The van der Waals surface area contributed by atoms with Crippen LogP contribution in [0.1, 0.15) is 29.2 Å². The van der Waals surface area contributed by atoms with E-state index in [1.807, 2.05) is 6.92 Å². The lowest BCUT2D eigenvalue weighted by atomic mass is 9.94. The van der Waals surface area contributed by atoms with Gasteiger partial charge in [0.2, 0.25) is 0 Å². The number of hydrogen-bond acceptors (Lipinski definition) is 3. The molecule has 2 rings (SSSR count). The molecule has 1 atom stereocenters. The topological polar surface area (TPSA) is 35.5 Å². The van der Waals surface area contributed by atoms with Crippen LogP contribution in [0.15, 0.2) is 18.2 Å². The Balaban J connectivity index is 2.24. The highest BCUT2D eigenvalue weighted by Gasteiger charge is 2.23. The molecule has 0 unspecified atom stereocenters. The number of ether oxygens (including phenoxy) is 2. The fourth-order valence-corrected chi connectivity index (χ4v) is 2.05. The fraction of sp³-hybridized carbons (Fsp3) is 0.462. The molecule has 0 aromatic heterocycles. The molecule has 0 aliphatic carbocycles. The molecule has 1 heterocycles. The van der Waals surface area contributed by atoms with Crippen molar-refractivity contribution in [3.05, 3.63) is 34.9 Å². The summed E-state index contributed by atoms with van der Waals surface area (Å²) in [5.74, 6) is -0.223. The van der Waals surface area contributed by atoms with E-state index < -0.39 is 0 Å². The molecule has 0 saturated heterocycles. The lowest BCUT2D eigenvalue weighted by Crippen LogP contribution is -2.19. The van der Waals surface area contributed by atoms with Gasteiger partial charge in [-0.2, -0.15) is 0 Å². The number of aryl methyl sites for hydroxylation is 1. The predicted octanol–water partition coefficient (Wildman–Crippen LogP) is 2.17. The molecule has 0 spiro atoms. The van der Waals surface area contributed by atoms with E-state index in [2.05, 4.69) is 22.9 Å². The Hall–Kier alpha value is -1.35. The Kier molecular flexibility index (Phi) is 3.25. The van der Waals surface area contributed by atoms with Crippen molar-refractivity contribution in [3.8, 4) is 0 Å². The molecule has 0 fully saturated rings. The minimum absolute atomic E-state index is 0.143. The summed E-state index contributed by atoms with van der Waals surface area (Å²) < 4.78 is 10.3. The van der Waals surface area contributed by atoms with Gasteiger partial charge < -0.3 is 9.47 Å². The number of methoxy groups -OCH3 is 1. The van der Waals surface area contributed by atoms with Crippen LogP contribution < -0.4 is 0 Å². The highest BCUT2D eigenvalue weighted by Crippen LogP contribution is 2.30. The van der Waals surface area contributed by atoms with Crippen molar-refractivity contribution < 1.29 is 14.3 Å². The third kappa shape index (κ3) is 2.25. The monoisotopic (exact) mass is 220 g/mol. The van der Waals surface area contributed by atoms with E-state index in [1.54, 1.807) is 0 Å². The summed E-state index contributed by atoms with van der Waals surface area (Å²) in [4.78, 5) is 11.3. The number of carbonyl (C=O) groups excluding carboxylic acids is 1. The molecule has 1 aliphatic heterocycles. The third-order valence-electron chi connectivity index (χ3n) is 2.92. The van der Waals surface area contributed by atoms with Crippen molar-refractivity contribution in [1.82, 2.24) is 0 Å². The van der Waals surface area contributed by atoms with Crippen molar-refractivity contribution in [3.63, 3.8) is 0 Å². The van der Waals surface area contributed by atoms with Gasteiger partial charge in [0.05, 0.1) is 26.2 Å². The number of esters is 1. The van der Waals surface area contributed by atoms with Gasteiger partial charge in [0.15, 0.2) is 0 Å². The molecule has 1 aliphatic rings. The van der Waals surface area contributed by atoms with E-state index in [-0.39, 0.29) is 12.1 Å². The minimum Gasteiger partial charge on any atom is -0.469 e. The van der Waals surface area contributed by atoms with Crippen molar-refractivity contribution in [1.29, 1.82) is 0 Å². The van der Waals surface area contributed by atoms with Gasteiger partial charge in [0.1, 0.15) is 0 Å². The summed E-state index contributed by atoms with van der Waals surface area (Å²) in [6.45, 7) is 2.72. The number of fused-ring (bicyclic) bond motifs is 1. The smallest absolute Gasteiger partial charge is 0.308 e. The van der Waals surface area contributed by atoms with E-state index in [1.165, 1.54) is 18.2 Å². The fourth-order valence-electron chi connectivity index (χ4n) is 2.05. The van der Waals surface area contributed by atoms with Gasteiger partial charge in [-0.1, -0.05) is 23.8 Å². The van der Waals surface area contributed by atoms with E-state index in [0.29, 0.717) is 13.0 Å². The van der Waals surface area contributed by atoms with Crippen molar-refractivity contribution in [2.45, 2.75) is 25.9 Å². The molecule has 1 aromatic carbocycles. The maximum absolute atomic E-state index is 11.3. The first-order chi connectivity index (χ1) is 7.70. The standard InChI is InChI=1S/C13H16O3/c1-9-3-4-10-5-6-16-12(11(10)7-9)8-13(14)15-2/h3-4,7,12H,5-6,8H2,1-2H3/t12-/m0/s1. The first-order valence-electron chi connectivity index (χ1n) is 5.48. The lowest BCUT2D eigenvalue weighted by molar-refractivity contribution is -0.144. The Morgan fingerprint density at radius 2 is 2.38 bits per heavy atom. The maximum atomic E-state index is 11.3. The Labute approximate surface area is 95.4 Å². The van der Waals surface area contributed by atoms with Gasteiger partial charge in [-0.3, -0.25) is 4.79 Å². The summed E-state index contributed by atoms with van der Waals surface area (Å²) in [7, 11) is 1.41. The SMILES string of the molecule is COC(=O)C[C@@H]1OCCc2ccc(C)cc21. The Morgan fingerprint density at radius 3 is 3.12 bits per heavy atom. The molecule has 3 heteroatoms. The highest BCUT2D eigenvalue weighted by atomic mass is 16.5. The van der Waals surface area contributed by atoms with Crippen LogP contribution in [0.5, 0.6) is 0 Å². The molecule has 86 valence electrons. The zero-order valence-corrected chi connectivity index (χ0v) is 9.66. The molecule has 0 radical (unpaired) electrons. The van der Waals surface area contributed by atoms with Crippen molar-refractivity contribution >= 4 is 5.97 Å². The number of benzene rings is 1. The van der Waals surface area contributed by atoms with Gasteiger partial charge in [-0.05, 0) is 24.5 Å². The normalized spacial score (nSPS) is 19.0. The first-order valence-corrected chi connectivity index (χ1v) is 5.48. The number of hydrogen-bond donors (Lipinski definition) is 0. The zero-order valence-electron chi connectivity index (χ0n) is 9.66. The largest absolute Gasteiger partial charge is 0.469 e. The summed E-state index contributed by atoms with van der Waals surface area (Å²) in [5.41, 5.74) is 3.61. The minimum atomic E-state index is -0.223. The molecule has 1 aromatic rings. The number of rotatable bonds is 2. The average Bonchev–Trinajstić information content (AvgIpc) is 2.29. The Morgan fingerprint density at radius 1 is 1.56 bits per heavy atom. The quantitative estimate of drug-likeness (QED) is 0.716. The third-order valence-corrected chi connectivity index (χ3v) is 2.92. The van der Waals surface area contributed by atoms with Gasteiger partial charge in [0.25, 0.3) is 0 Å². The maximum Gasteiger partial charge on any atom is 0.308 e. The number of carbonyl (C=O) groups is 1. The molecule has 16 heavy (non-hydrogen) atoms. The summed E-state index contributed by atoms with van der Waals surface area (Å²) in [6, 6.07) is 6.32. The van der Waals surface area contributed by atoms with E-state index >= 15 is 0 Å². The van der Waals surface area contributed by atoms with Crippen LogP contribution in [0.3, 0.4) is 0 Å². The molecule has 0 N–H and O–H groups in total. The van der Waals surface area contributed by atoms with Crippen LogP contribution in [0, 0.1) is 6.92 Å². The van der Waals surface area contributed by atoms with Crippen LogP contribution in [0.2, 0.25) is 0 Å². The second-order valence-corrected chi connectivity index (χ2v) is 4.09. The highest BCUT2D eigenvalue weighted by molar-refractivity contribution is 5.70. The molecule has 0 amide bonds. The summed E-state index contributed by atoms with van der Waals surface area (Å²) in [5, 5.41) is 0. The summed E-state index contributed by atoms with van der Waals surface area (Å²) in [6.07, 6.45) is 1.08. The average molecular weight is 220 g/mol. The zero-order chi connectivity index (χ0) is 11.5. The first kappa shape index (κ1) is 11.1. The molecular formula is C13H16O3. The predicted molar refractivity (Wildman–Crippen MR) is 60.2 cm³/mol. The second-order valence-electron chi connectivity index (χ2n) is 4.09. The van der Waals surface area contributed by atoms with Crippen LogP contribution >= 0.6 is 0 Å². The molecule has 3 nitrogen and oxygen atoms in total. The van der Waals surface area contributed by atoms with Crippen LogP contribution in [-0.4, -0.2) is 19.7 Å². The van der Waals surface area contributed by atoms with Gasteiger partial charge >= 0.3 is 5.97 Å². The van der Waals surface area contributed by atoms with Crippen molar-refractivity contribution in [2.75, 3.05) is 13.7 Å². The van der Waals surface area contributed by atoms with Crippen molar-refractivity contribution in [2.24, 2.45) is 0 Å². The van der Waals surface area contributed by atoms with Gasteiger partial charge in [-0.25, -0.2) is 0 Å². The lowest BCUT2D eigenvalue weighted by Gasteiger charge is -2.25. The van der Waals surface area contributed by atoms with E-state index in [9.17, 15) is 4.79 Å². The van der Waals surface area contributed by atoms with E-state index in [0.717, 1.165) is 12.0 Å². The second kappa shape index (κ2) is 4.66. The van der Waals surface area contributed by atoms with E-state index in [4.69, 9.17) is 4.74 Å². The summed E-state index contributed by atoms with van der Waals surface area (Å²) >= 11 is 0. The molecular weight excluding hydrogens is 204 g/mol. The Bertz CT molecular complexity index is 398. The van der Waals surface area contributed by atoms with Gasteiger partial charge in [-0.15, -0.1) is 0 Å². The van der Waals surface area contributed by atoms with Crippen LogP contribution in [0.4, 0.5) is 0 Å². The van der Waals surface area contributed by atoms with Crippen LogP contribution in [0.25, 0.3) is 0 Å². The van der Waals surface area contributed by atoms with Gasteiger partial charge in [0, 0.05) is 0 Å².